The lowest BCUT2D eigenvalue weighted by atomic mass is 9.82. The topological polar surface area (TPSA) is 62.4 Å². The number of nitrogen functional groups attached to an aromatic ring is 1. The minimum atomic E-state index is -0.0987. The lowest BCUT2D eigenvalue weighted by molar-refractivity contribution is 0.0465. The molecule has 1 heterocycles. The Bertz CT molecular complexity index is 593. The van der Waals surface area contributed by atoms with E-state index in [0.717, 1.165) is 41.5 Å². The molecular weight excluding hydrogens is 238 g/mol. The van der Waals surface area contributed by atoms with Crippen molar-refractivity contribution in [1.82, 2.24) is 4.98 Å². The second-order valence-electron chi connectivity index (χ2n) is 5.47. The highest BCUT2D eigenvalue weighted by Gasteiger charge is 2.28. The molecule has 1 aliphatic carbocycles. The summed E-state index contributed by atoms with van der Waals surface area (Å²) in [6.45, 7) is 0.942. The lowest BCUT2D eigenvalue weighted by Gasteiger charge is -2.35. The number of benzene rings is 1. The molecular formula is C15H19N3O. The lowest BCUT2D eigenvalue weighted by Crippen LogP contribution is -2.37. The maximum absolute atomic E-state index is 9.35. The van der Waals surface area contributed by atoms with Crippen molar-refractivity contribution in [3.8, 4) is 0 Å². The molecule has 1 saturated carbocycles. The number of nitrogens with two attached hydrogens (primary N) is 1. The van der Waals surface area contributed by atoms with E-state index < -0.39 is 0 Å². The number of aliphatic hydroxyl groups excluding tert-OH is 1. The van der Waals surface area contributed by atoms with Crippen LogP contribution in [-0.4, -0.2) is 29.8 Å². The van der Waals surface area contributed by atoms with E-state index in [1.165, 1.54) is 0 Å². The first-order valence-electron chi connectivity index (χ1n) is 6.66. The minimum absolute atomic E-state index is 0.0987. The van der Waals surface area contributed by atoms with Gasteiger partial charge in [0.25, 0.3) is 0 Å². The van der Waals surface area contributed by atoms with Gasteiger partial charge in [-0.05, 0) is 30.9 Å². The van der Waals surface area contributed by atoms with Crippen molar-refractivity contribution >= 4 is 22.1 Å². The summed E-state index contributed by atoms with van der Waals surface area (Å²) in [5.41, 5.74) is 8.13. The van der Waals surface area contributed by atoms with Gasteiger partial charge >= 0.3 is 0 Å². The van der Waals surface area contributed by atoms with Crippen LogP contribution in [0.25, 0.3) is 10.8 Å². The maximum atomic E-state index is 9.35. The number of pyridine rings is 1. The Labute approximate surface area is 112 Å². The summed E-state index contributed by atoms with van der Waals surface area (Å²) < 4.78 is 0. The third-order valence-electron chi connectivity index (χ3n) is 3.99. The molecule has 1 fully saturated rings. The van der Waals surface area contributed by atoms with Gasteiger partial charge in [0.1, 0.15) is 0 Å². The van der Waals surface area contributed by atoms with E-state index in [1.54, 1.807) is 6.20 Å². The van der Waals surface area contributed by atoms with Gasteiger partial charge in [-0.1, -0.05) is 6.07 Å². The highest BCUT2D eigenvalue weighted by atomic mass is 16.3. The van der Waals surface area contributed by atoms with E-state index in [4.69, 9.17) is 5.73 Å². The SMILES string of the molecule is CN(CC1CC(O)C1)c1ccc2cnccc2c1N. The first-order valence-corrected chi connectivity index (χ1v) is 6.66. The molecule has 1 aromatic carbocycles. The molecule has 3 N–H and O–H groups in total. The van der Waals surface area contributed by atoms with Gasteiger partial charge in [0.2, 0.25) is 0 Å². The van der Waals surface area contributed by atoms with Gasteiger partial charge < -0.3 is 15.7 Å². The van der Waals surface area contributed by atoms with Crippen molar-refractivity contribution in [2.75, 3.05) is 24.2 Å². The molecule has 4 heteroatoms. The highest BCUT2D eigenvalue weighted by Crippen LogP contribution is 2.33. The fraction of sp³-hybridized carbons (Fsp3) is 0.400. The molecule has 3 rings (SSSR count). The summed E-state index contributed by atoms with van der Waals surface area (Å²) in [6.07, 6.45) is 5.31. The highest BCUT2D eigenvalue weighted by molar-refractivity contribution is 5.98. The summed E-state index contributed by atoms with van der Waals surface area (Å²) in [6, 6.07) is 6.06. The molecule has 0 aliphatic heterocycles. The van der Waals surface area contributed by atoms with Crippen LogP contribution >= 0.6 is 0 Å². The van der Waals surface area contributed by atoms with Gasteiger partial charge in [0.05, 0.1) is 17.5 Å². The third-order valence-corrected chi connectivity index (χ3v) is 3.99. The van der Waals surface area contributed by atoms with Crippen LogP contribution in [0.5, 0.6) is 0 Å². The van der Waals surface area contributed by atoms with Crippen LogP contribution in [0, 0.1) is 5.92 Å². The molecule has 0 saturated heterocycles. The summed E-state index contributed by atoms with van der Waals surface area (Å²) >= 11 is 0. The predicted octanol–water partition coefficient (Wildman–Crippen LogP) is 2.02. The van der Waals surface area contributed by atoms with Crippen molar-refractivity contribution in [3.05, 3.63) is 30.6 Å². The first-order chi connectivity index (χ1) is 9.15. The fourth-order valence-electron chi connectivity index (χ4n) is 2.85. The molecule has 0 spiro atoms. The molecule has 4 nitrogen and oxygen atoms in total. The van der Waals surface area contributed by atoms with Crippen molar-refractivity contribution in [2.24, 2.45) is 5.92 Å². The Morgan fingerprint density at radius 2 is 2.16 bits per heavy atom. The third kappa shape index (κ3) is 2.24. The second-order valence-corrected chi connectivity index (χ2v) is 5.47. The average Bonchev–Trinajstić information content (AvgIpc) is 2.37. The Morgan fingerprint density at radius 3 is 2.89 bits per heavy atom. The number of hydrogen-bond donors (Lipinski definition) is 2. The molecule has 0 amide bonds. The Balaban J connectivity index is 1.85. The van der Waals surface area contributed by atoms with E-state index in [-0.39, 0.29) is 6.10 Å². The number of anilines is 2. The van der Waals surface area contributed by atoms with Gasteiger partial charge in [-0.15, -0.1) is 0 Å². The molecule has 0 atom stereocenters. The quantitative estimate of drug-likeness (QED) is 0.826. The van der Waals surface area contributed by atoms with E-state index >= 15 is 0 Å². The van der Waals surface area contributed by atoms with Crippen molar-refractivity contribution in [2.45, 2.75) is 18.9 Å². The van der Waals surface area contributed by atoms with E-state index in [0.29, 0.717) is 5.92 Å². The monoisotopic (exact) mass is 257 g/mol. The number of aliphatic hydroxyl groups is 1. The maximum Gasteiger partial charge on any atom is 0.0632 e. The van der Waals surface area contributed by atoms with Gasteiger partial charge in [-0.25, -0.2) is 0 Å². The van der Waals surface area contributed by atoms with Crippen LogP contribution in [0.15, 0.2) is 30.6 Å². The summed E-state index contributed by atoms with van der Waals surface area (Å²) in [5.74, 6) is 0.576. The molecule has 1 aromatic heterocycles. The van der Waals surface area contributed by atoms with Crippen LogP contribution in [-0.2, 0) is 0 Å². The van der Waals surface area contributed by atoms with Gasteiger partial charge in [0, 0.05) is 36.8 Å². The summed E-state index contributed by atoms with van der Waals surface area (Å²) in [5, 5.41) is 11.5. The number of rotatable bonds is 3. The zero-order valence-corrected chi connectivity index (χ0v) is 11.1. The second kappa shape index (κ2) is 4.70. The molecule has 0 bridgehead atoms. The smallest absolute Gasteiger partial charge is 0.0632 e. The summed E-state index contributed by atoms with van der Waals surface area (Å²) in [7, 11) is 2.06. The van der Waals surface area contributed by atoms with Crippen LogP contribution in [0.1, 0.15) is 12.8 Å². The predicted molar refractivity (Wildman–Crippen MR) is 78.2 cm³/mol. The molecule has 2 aromatic rings. The van der Waals surface area contributed by atoms with Crippen molar-refractivity contribution in [1.29, 1.82) is 0 Å². The minimum Gasteiger partial charge on any atom is -0.397 e. The zero-order chi connectivity index (χ0) is 13.4. The van der Waals surface area contributed by atoms with Crippen LogP contribution < -0.4 is 10.6 Å². The number of nitrogens with zero attached hydrogens (tertiary/aromatic N) is 2. The molecule has 1 aliphatic rings. The van der Waals surface area contributed by atoms with Gasteiger partial charge in [0.15, 0.2) is 0 Å². The van der Waals surface area contributed by atoms with Crippen LogP contribution in [0.4, 0.5) is 11.4 Å². The van der Waals surface area contributed by atoms with E-state index in [2.05, 4.69) is 29.1 Å². The van der Waals surface area contributed by atoms with Crippen LogP contribution in [0.2, 0.25) is 0 Å². The molecule has 100 valence electrons. The van der Waals surface area contributed by atoms with E-state index in [1.807, 2.05) is 12.3 Å². The molecule has 0 unspecified atom stereocenters. The first kappa shape index (κ1) is 12.2. The molecule has 19 heavy (non-hydrogen) atoms. The van der Waals surface area contributed by atoms with Crippen molar-refractivity contribution < 1.29 is 5.11 Å². The Kier molecular flexibility index (Phi) is 3.03. The van der Waals surface area contributed by atoms with Gasteiger partial charge in [-0.2, -0.15) is 0 Å². The number of hydrogen-bond acceptors (Lipinski definition) is 4. The van der Waals surface area contributed by atoms with Crippen molar-refractivity contribution in [3.63, 3.8) is 0 Å². The zero-order valence-electron chi connectivity index (χ0n) is 11.1. The Morgan fingerprint density at radius 1 is 1.37 bits per heavy atom. The molecule has 0 radical (unpaired) electrons. The number of fused-ring (bicyclic) bond motifs is 1. The average molecular weight is 257 g/mol. The van der Waals surface area contributed by atoms with Gasteiger partial charge in [-0.3, -0.25) is 4.98 Å². The number of aromatic nitrogens is 1. The van der Waals surface area contributed by atoms with E-state index in [9.17, 15) is 5.11 Å². The van der Waals surface area contributed by atoms with Crippen LogP contribution in [0.3, 0.4) is 0 Å². The Hall–Kier alpha value is -1.81. The largest absolute Gasteiger partial charge is 0.397 e. The fourth-order valence-corrected chi connectivity index (χ4v) is 2.85. The normalized spacial score (nSPS) is 22.2. The standard InChI is InChI=1S/C15H19N3O/c1-18(9-10-6-12(19)7-10)14-3-2-11-8-17-5-4-13(11)15(14)16/h2-5,8,10,12,19H,6-7,9,16H2,1H3. The summed E-state index contributed by atoms with van der Waals surface area (Å²) in [4.78, 5) is 6.30.